The van der Waals surface area contributed by atoms with Crippen molar-refractivity contribution in [3.63, 3.8) is 0 Å². The fraction of sp³-hybridized carbons (Fsp3) is 0.500. The minimum atomic E-state index is -3.41. The number of nitrogens with two attached hydrogens (primary N) is 1. The van der Waals surface area contributed by atoms with E-state index in [4.69, 9.17) is 5.73 Å². The molecule has 17 heavy (non-hydrogen) atoms. The third-order valence-electron chi connectivity index (χ3n) is 2.69. The maximum Gasteiger partial charge on any atom is 0.243 e. The molecule has 0 radical (unpaired) electrons. The lowest BCUT2D eigenvalue weighted by molar-refractivity contribution is 0.435. The predicted molar refractivity (Wildman–Crippen MR) is 69.4 cm³/mol. The molecular formula is C12H20N2O2S. The summed E-state index contributed by atoms with van der Waals surface area (Å²) in [4.78, 5) is 0.382. The highest BCUT2D eigenvalue weighted by Gasteiger charge is 2.23. The highest BCUT2D eigenvalue weighted by Crippen LogP contribution is 2.20. The van der Waals surface area contributed by atoms with Gasteiger partial charge in [0.25, 0.3) is 0 Å². The first-order valence-corrected chi connectivity index (χ1v) is 7.15. The molecule has 0 saturated carbocycles. The molecular weight excluding hydrogens is 236 g/mol. The number of hydrogen-bond acceptors (Lipinski definition) is 3. The average Bonchev–Trinajstić information content (AvgIpc) is 2.28. The molecule has 0 aliphatic rings. The second kappa shape index (κ2) is 5.62. The summed E-state index contributed by atoms with van der Waals surface area (Å²) >= 11 is 0. The lowest BCUT2D eigenvalue weighted by Gasteiger charge is -2.21. The third-order valence-corrected chi connectivity index (χ3v) is 4.81. The molecule has 1 rings (SSSR count). The van der Waals surface area contributed by atoms with Gasteiger partial charge in [-0.3, -0.25) is 0 Å². The Morgan fingerprint density at radius 1 is 1.29 bits per heavy atom. The molecule has 0 atom stereocenters. The molecule has 4 nitrogen and oxygen atoms in total. The van der Waals surface area contributed by atoms with Gasteiger partial charge < -0.3 is 5.73 Å². The van der Waals surface area contributed by atoms with E-state index < -0.39 is 10.0 Å². The Hall–Kier alpha value is -0.910. The summed E-state index contributed by atoms with van der Waals surface area (Å²) in [5.74, 6) is 0. The highest BCUT2D eigenvalue weighted by molar-refractivity contribution is 7.89. The van der Waals surface area contributed by atoms with Gasteiger partial charge in [-0.25, -0.2) is 8.42 Å². The summed E-state index contributed by atoms with van der Waals surface area (Å²) in [6.45, 7) is 6.63. The zero-order chi connectivity index (χ0) is 13.1. The van der Waals surface area contributed by atoms with Crippen LogP contribution in [0.15, 0.2) is 23.1 Å². The predicted octanol–water partition coefficient (Wildman–Crippen LogP) is 1.27. The topological polar surface area (TPSA) is 63.4 Å². The van der Waals surface area contributed by atoms with Gasteiger partial charge in [-0.15, -0.1) is 0 Å². The van der Waals surface area contributed by atoms with Gasteiger partial charge in [0.1, 0.15) is 0 Å². The van der Waals surface area contributed by atoms with Gasteiger partial charge in [0.05, 0.1) is 4.90 Å². The SMILES string of the molecule is CCN(CCN)S(=O)(=O)c1cc(C)ccc1C. The third kappa shape index (κ3) is 3.06. The number of benzene rings is 1. The molecule has 0 bridgehead atoms. The van der Waals surface area contributed by atoms with Crippen LogP contribution in [0.3, 0.4) is 0 Å². The maximum absolute atomic E-state index is 12.4. The lowest BCUT2D eigenvalue weighted by Crippen LogP contribution is -2.35. The summed E-state index contributed by atoms with van der Waals surface area (Å²) in [6, 6.07) is 5.45. The lowest BCUT2D eigenvalue weighted by atomic mass is 10.2. The van der Waals surface area contributed by atoms with E-state index in [-0.39, 0.29) is 0 Å². The number of likely N-dealkylation sites (N-methyl/N-ethyl adjacent to an activating group) is 1. The minimum Gasteiger partial charge on any atom is -0.329 e. The van der Waals surface area contributed by atoms with E-state index in [1.807, 2.05) is 32.9 Å². The molecule has 0 aliphatic carbocycles. The Labute approximate surface area is 103 Å². The molecule has 0 aromatic heterocycles. The van der Waals surface area contributed by atoms with Crippen molar-refractivity contribution < 1.29 is 8.42 Å². The van der Waals surface area contributed by atoms with Crippen LogP contribution in [0.1, 0.15) is 18.1 Å². The summed E-state index contributed by atoms with van der Waals surface area (Å²) in [5, 5.41) is 0. The van der Waals surface area contributed by atoms with Crippen molar-refractivity contribution in [3.05, 3.63) is 29.3 Å². The van der Waals surface area contributed by atoms with Crippen molar-refractivity contribution in [1.82, 2.24) is 4.31 Å². The average molecular weight is 256 g/mol. The van der Waals surface area contributed by atoms with Crippen LogP contribution >= 0.6 is 0 Å². The quantitative estimate of drug-likeness (QED) is 0.863. The van der Waals surface area contributed by atoms with Gasteiger partial charge in [-0.05, 0) is 31.0 Å². The molecule has 0 heterocycles. The van der Waals surface area contributed by atoms with Crippen LogP contribution in [-0.2, 0) is 10.0 Å². The smallest absolute Gasteiger partial charge is 0.243 e. The monoisotopic (exact) mass is 256 g/mol. The number of rotatable bonds is 5. The van der Waals surface area contributed by atoms with Crippen molar-refractivity contribution in [2.24, 2.45) is 5.73 Å². The zero-order valence-electron chi connectivity index (χ0n) is 10.6. The van der Waals surface area contributed by atoms with E-state index >= 15 is 0 Å². The number of nitrogens with zero attached hydrogens (tertiary/aromatic N) is 1. The van der Waals surface area contributed by atoms with E-state index in [1.165, 1.54) is 4.31 Å². The van der Waals surface area contributed by atoms with Crippen molar-refractivity contribution >= 4 is 10.0 Å². The van der Waals surface area contributed by atoms with Gasteiger partial charge in [0.15, 0.2) is 0 Å². The standard InChI is InChI=1S/C12H20N2O2S/c1-4-14(8-7-13)17(15,16)12-9-10(2)5-6-11(12)3/h5-6,9H,4,7-8,13H2,1-3H3. The Kier molecular flexibility index (Phi) is 4.68. The van der Waals surface area contributed by atoms with E-state index in [0.29, 0.717) is 24.5 Å². The molecule has 1 aromatic carbocycles. The fourth-order valence-electron chi connectivity index (χ4n) is 1.72. The van der Waals surface area contributed by atoms with E-state index in [9.17, 15) is 8.42 Å². The molecule has 0 aliphatic heterocycles. The summed E-state index contributed by atoms with van der Waals surface area (Å²) in [6.07, 6.45) is 0. The van der Waals surface area contributed by atoms with Crippen LogP contribution in [0.4, 0.5) is 0 Å². The largest absolute Gasteiger partial charge is 0.329 e. The van der Waals surface area contributed by atoms with Crippen LogP contribution in [0.2, 0.25) is 0 Å². The fourth-order valence-corrected chi connectivity index (χ4v) is 3.49. The van der Waals surface area contributed by atoms with E-state index in [2.05, 4.69) is 0 Å². The van der Waals surface area contributed by atoms with Crippen molar-refractivity contribution in [3.8, 4) is 0 Å². The molecule has 0 unspecified atom stereocenters. The first-order chi connectivity index (χ1) is 7.93. The van der Waals surface area contributed by atoms with Gasteiger partial charge in [0.2, 0.25) is 10.0 Å². The molecule has 0 fully saturated rings. The summed E-state index contributed by atoms with van der Waals surface area (Å²) < 4.78 is 26.2. The Bertz CT molecular complexity index is 483. The second-order valence-corrected chi connectivity index (χ2v) is 5.96. The minimum absolute atomic E-state index is 0.331. The molecule has 2 N–H and O–H groups in total. The molecule has 96 valence electrons. The first kappa shape index (κ1) is 14.2. The van der Waals surface area contributed by atoms with Crippen LogP contribution in [-0.4, -0.2) is 32.4 Å². The molecule has 0 saturated heterocycles. The van der Waals surface area contributed by atoms with Gasteiger partial charge in [-0.2, -0.15) is 4.31 Å². The zero-order valence-corrected chi connectivity index (χ0v) is 11.4. The Morgan fingerprint density at radius 3 is 2.47 bits per heavy atom. The molecule has 1 aromatic rings. The number of hydrogen-bond donors (Lipinski definition) is 1. The van der Waals surface area contributed by atoms with Crippen molar-refractivity contribution in [2.75, 3.05) is 19.6 Å². The van der Waals surface area contributed by atoms with Gasteiger partial charge >= 0.3 is 0 Å². The maximum atomic E-state index is 12.4. The Balaban J connectivity index is 3.24. The van der Waals surface area contributed by atoms with Crippen molar-refractivity contribution in [1.29, 1.82) is 0 Å². The van der Waals surface area contributed by atoms with Gasteiger partial charge in [-0.1, -0.05) is 19.1 Å². The molecule has 0 spiro atoms. The van der Waals surface area contributed by atoms with Crippen LogP contribution in [0, 0.1) is 13.8 Å². The highest BCUT2D eigenvalue weighted by atomic mass is 32.2. The normalized spacial score (nSPS) is 12.1. The summed E-state index contributed by atoms with van der Waals surface area (Å²) in [5.41, 5.74) is 7.15. The first-order valence-electron chi connectivity index (χ1n) is 5.71. The number of aryl methyl sites for hydroxylation is 2. The van der Waals surface area contributed by atoms with Crippen LogP contribution in [0.5, 0.6) is 0 Å². The second-order valence-electron chi connectivity index (χ2n) is 4.05. The molecule has 0 amide bonds. The van der Waals surface area contributed by atoms with Crippen LogP contribution < -0.4 is 5.73 Å². The van der Waals surface area contributed by atoms with Crippen LogP contribution in [0.25, 0.3) is 0 Å². The molecule has 5 heteroatoms. The summed E-state index contributed by atoms with van der Waals surface area (Å²) in [7, 11) is -3.41. The van der Waals surface area contributed by atoms with Gasteiger partial charge in [0, 0.05) is 19.6 Å². The number of sulfonamides is 1. The van der Waals surface area contributed by atoms with E-state index in [1.54, 1.807) is 6.07 Å². The van der Waals surface area contributed by atoms with Crippen molar-refractivity contribution in [2.45, 2.75) is 25.7 Å². The Morgan fingerprint density at radius 2 is 1.94 bits per heavy atom. The van der Waals surface area contributed by atoms with E-state index in [0.717, 1.165) is 11.1 Å².